The number of para-hydroxylation sites is 1. The first kappa shape index (κ1) is 18.3. The van der Waals surface area contributed by atoms with Crippen molar-refractivity contribution in [2.24, 2.45) is 10.2 Å². The highest BCUT2D eigenvalue weighted by molar-refractivity contribution is 9.10. The number of hydrogen-bond acceptors (Lipinski definition) is 6. The highest BCUT2D eigenvalue weighted by Crippen LogP contribution is 2.33. The maximum Gasteiger partial charge on any atom is 0.247 e. The molecule has 1 fully saturated rings. The van der Waals surface area contributed by atoms with Gasteiger partial charge in [0.15, 0.2) is 5.17 Å². The van der Waals surface area contributed by atoms with Gasteiger partial charge in [0, 0.05) is 16.9 Å². The number of carboxylic acids is 1. The van der Waals surface area contributed by atoms with E-state index >= 15 is 0 Å². The predicted octanol–water partition coefficient (Wildman–Crippen LogP) is 2.43. The summed E-state index contributed by atoms with van der Waals surface area (Å²) in [5, 5.41) is 18.6. The van der Waals surface area contributed by atoms with Crippen molar-refractivity contribution in [3.63, 3.8) is 0 Å². The molecule has 132 valence electrons. The van der Waals surface area contributed by atoms with E-state index in [2.05, 4.69) is 26.1 Å². The monoisotopic (exact) mass is 430 g/mol. The summed E-state index contributed by atoms with van der Waals surface area (Å²) in [4.78, 5) is 24.9. The molecule has 0 N–H and O–H groups in total. The van der Waals surface area contributed by atoms with Crippen LogP contribution in [0.4, 0.5) is 5.69 Å². The van der Waals surface area contributed by atoms with E-state index in [4.69, 9.17) is 0 Å². The van der Waals surface area contributed by atoms with E-state index < -0.39 is 11.2 Å². The summed E-state index contributed by atoms with van der Waals surface area (Å²) in [5.74, 6) is -1.62. The van der Waals surface area contributed by atoms with Crippen LogP contribution >= 0.6 is 27.7 Å². The number of rotatable bonds is 5. The molecule has 0 saturated carbocycles. The van der Waals surface area contributed by atoms with Crippen LogP contribution in [0, 0.1) is 0 Å². The number of thioether (sulfide) groups is 1. The van der Waals surface area contributed by atoms with Crippen LogP contribution in [-0.2, 0) is 9.59 Å². The van der Waals surface area contributed by atoms with Gasteiger partial charge >= 0.3 is 0 Å². The van der Waals surface area contributed by atoms with E-state index in [1.807, 2.05) is 30.3 Å². The average molecular weight is 431 g/mol. The minimum Gasteiger partial charge on any atom is -0.550 e. The summed E-state index contributed by atoms with van der Waals surface area (Å²) in [6, 6.07) is 16.4. The number of nitrogens with zero attached hydrogens (tertiary/aromatic N) is 3. The second-order valence-corrected chi connectivity index (χ2v) is 7.46. The number of hydrogen-bond donors (Lipinski definition) is 0. The Kier molecular flexibility index (Phi) is 5.85. The topological polar surface area (TPSA) is 85.2 Å². The molecule has 6 nitrogen and oxygen atoms in total. The SMILES string of the molecule is O=C([O-])C[C@H]1S/C(=N\N=C/c2ccc(Br)cc2)N(c2ccccc2)C1=O. The summed E-state index contributed by atoms with van der Waals surface area (Å²) in [5.41, 5.74) is 1.47. The Labute approximate surface area is 162 Å². The third kappa shape index (κ3) is 4.39. The van der Waals surface area contributed by atoms with Crippen molar-refractivity contribution in [3.8, 4) is 0 Å². The molecule has 1 aliphatic rings. The number of halogens is 1. The van der Waals surface area contributed by atoms with Gasteiger partial charge in [0.1, 0.15) is 0 Å². The summed E-state index contributed by atoms with van der Waals surface area (Å²) in [6.07, 6.45) is 1.20. The number of amidine groups is 1. The Hall–Kier alpha value is -2.45. The van der Waals surface area contributed by atoms with Crippen molar-refractivity contribution in [1.82, 2.24) is 0 Å². The van der Waals surface area contributed by atoms with Gasteiger partial charge < -0.3 is 9.90 Å². The lowest BCUT2D eigenvalue weighted by Gasteiger charge is -2.15. The molecule has 1 amide bonds. The van der Waals surface area contributed by atoms with Crippen molar-refractivity contribution in [2.45, 2.75) is 11.7 Å². The van der Waals surface area contributed by atoms with Crippen molar-refractivity contribution < 1.29 is 14.7 Å². The van der Waals surface area contributed by atoms with Gasteiger partial charge in [0.2, 0.25) is 5.91 Å². The lowest BCUT2D eigenvalue weighted by molar-refractivity contribution is -0.305. The molecular formula is C18H13BrN3O3S-. The maximum absolute atomic E-state index is 12.6. The number of benzene rings is 2. The molecule has 1 atom stereocenters. The summed E-state index contributed by atoms with van der Waals surface area (Å²) >= 11 is 4.43. The van der Waals surface area contributed by atoms with E-state index in [0.29, 0.717) is 10.9 Å². The fourth-order valence-corrected chi connectivity index (χ4v) is 3.67. The van der Waals surface area contributed by atoms with E-state index in [1.165, 1.54) is 4.90 Å². The van der Waals surface area contributed by atoms with Crippen LogP contribution in [-0.4, -0.2) is 28.5 Å². The van der Waals surface area contributed by atoms with Gasteiger partial charge in [-0.2, -0.15) is 5.10 Å². The van der Waals surface area contributed by atoms with Crippen LogP contribution in [0.2, 0.25) is 0 Å². The Morgan fingerprint density at radius 3 is 2.54 bits per heavy atom. The van der Waals surface area contributed by atoms with Gasteiger partial charge in [-0.3, -0.25) is 9.69 Å². The molecule has 0 bridgehead atoms. The summed E-state index contributed by atoms with van der Waals surface area (Å²) in [7, 11) is 0. The smallest absolute Gasteiger partial charge is 0.247 e. The van der Waals surface area contributed by atoms with Crippen molar-refractivity contribution >= 4 is 56.6 Å². The highest BCUT2D eigenvalue weighted by atomic mass is 79.9. The zero-order valence-corrected chi connectivity index (χ0v) is 15.8. The minimum atomic E-state index is -1.27. The summed E-state index contributed by atoms with van der Waals surface area (Å²) < 4.78 is 0.957. The van der Waals surface area contributed by atoms with Crippen LogP contribution in [0.5, 0.6) is 0 Å². The van der Waals surface area contributed by atoms with Crippen LogP contribution in [0.15, 0.2) is 69.3 Å². The number of carbonyl (C=O) groups excluding carboxylic acids is 2. The van der Waals surface area contributed by atoms with E-state index in [-0.39, 0.29) is 12.3 Å². The maximum atomic E-state index is 12.6. The molecule has 1 saturated heterocycles. The van der Waals surface area contributed by atoms with E-state index in [0.717, 1.165) is 21.8 Å². The second kappa shape index (κ2) is 8.29. The quantitative estimate of drug-likeness (QED) is 0.538. The largest absolute Gasteiger partial charge is 0.550 e. The number of carboxylic acid groups (broad SMARTS) is 1. The number of amides is 1. The molecule has 0 aliphatic carbocycles. The zero-order chi connectivity index (χ0) is 18.5. The van der Waals surface area contributed by atoms with Gasteiger partial charge in [-0.15, -0.1) is 5.10 Å². The Bertz CT molecular complexity index is 869. The lowest BCUT2D eigenvalue weighted by atomic mass is 10.2. The van der Waals surface area contributed by atoms with Crippen LogP contribution in [0.3, 0.4) is 0 Å². The van der Waals surface area contributed by atoms with Crippen molar-refractivity contribution in [2.75, 3.05) is 4.90 Å². The normalized spacial score (nSPS) is 18.8. The molecule has 2 aromatic rings. The first-order valence-electron chi connectivity index (χ1n) is 7.67. The first-order valence-corrected chi connectivity index (χ1v) is 9.34. The summed E-state index contributed by atoms with van der Waals surface area (Å²) in [6.45, 7) is 0. The molecule has 0 aromatic heterocycles. The molecular weight excluding hydrogens is 418 g/mol. The Morgan fingerprint density at radius 2 is 1.88 bits per heavy atom. The fraction of sp³-hybridized carbons (Fsp3) is 0.111. The van der Waals surface area contributed by atoms with Gasteiger partial charge in [-0.05, 0) is 29.8 Å². The molecule has 3 rings (SSSR count). The van der Waals surface area contributed by atoms with Crippen molar-refractivity contribution in [1.29, 1.82) is 0 Å². The molecule has 0 spiro atoms. The van der Waals surface area contributed by atoms with Gasteiger partial charge in [0.25, 0.3) is 0 Å². The number of anilines is 1. The second-order valence-electron chi connectivity index (χ2n) is 5.37. The zero-order valence-electron chi connectivity index (χ0n) is 13.4. The van der Waals surface area contributed by atoms with Crippen molar-refractivity contribution in [3.05, 3.63) is 64.6 Å². The standard InChI is InChI=1S/C18H14BrN3O3S/c19-13-8-6-12(7-9-13)11-20-21-18-22(14-4-2-1-3-5-14)17(25)15(26-18)10-16(23)24/h1-9,11,15H,10H2,(H,23,24)/p-1/b20-11-,21-18-/t15-/m1/s1. The van der Waals surface area contributed by atoms with E-state index in [1.54, 1.807) is 30.5 Å². The molecule has 0 unspecified atom stereocenters. The van der Waals surface area contributed by atoms with Gasteiger partial charge in [-0.25, -0.2) is 0 Å². The molecule has 2 aromatic carbocycles. The van der Waals surface area contributed by atoms with Gasteiger partial charge in [0.05, 0.1) is 17.2 Å². The van der Waals surface area contributed by atoms with Gasteiger partial charge in [-0.1, -0.05) is 58.0 Å². The number of aliphatic carboxylic acids is 1. The molecule has 1 aliphatic heterocycles. The van der Waals surface area contributed by atoms with Crippen LogP contribution in [0.1, 0.15) is 12.0 Å². The Balaban J connectivity index is 1.87. The first-order chi connectivity index (χ1) is 12.5. The molecule has 26 heavy (non-hydrogen) atoms. The van der Waals surface area contributed by atoms with Crippen LogP contribution in [0.25, 0.3) is 0 Å². The third-order valence-electron chi connectivity index (χ3n) is 3.52. The third-order valence-corrected chi connectivity index (χ3v) is 5.18. The molecule has 8 heteroatoms. The number of carbonyl (C=O) groups is 2. The molecule has 0 radical (unpaired) electrons. The van der Waals surface area contributed by atoms with E-state index in [9.17, 15) is 14.7 Å². The minimum absolute atomic E-state index is 0.334. The fourth-order valence-electron chi connectivity index (χ4n) is 2.33. The average Bonchev–Trinajstić information content (AvgIpc) is 2.92. The lowest BCUT2D eigenvalue weighted by Crippen LogP contribution is -2.35. The Morgan fingerprint density at radius 1 is 1.19 bits per heavy atom. The van der Waals surface area contributed by atoms with Crippen LogP contribution < -0.4 is 10.0 Å². The molecule has 1 heterocycles. The highest BCUT2D eigenvalue weighted by Gasteiger charge is 2.39. The predicted molar refractivity (Wildman–Crippen MR) is 104 cm³/mol.